The van der Waals surface area contributed by atoms with E-state index in [4.69, 9.17) is 11.1 Å². The predicted octanol–water partition coefficient (Wildman–Crippen LogP) is 2.59. The van der Waals surface area contributed by atoms with Crippen LogP contribution in [0.25, 0.3) is 0 Å². The first kappa shape index (κ1) is 17.1. The van der Waals surface area contributed by atoms with Gasteiger partial charge in [0.1, 0.15) is 5.82 Å². The minimum absolute atomic E-state index is 0.0490. The van der Waals surface area contributed by atoms with Crippen LogP contribution in [-0.2, 0) is 4.79 Å². The van der Waals surface area contributed by atoms with Crippen LogP contribution in [0.5, 0.6) is 0 Å². The van der Waals surface area contributed by atoms with E-state index in [1.54, 1.807) is 18.4 Å². The second-order valence-corrected chi connectivity index (χ2v) is 6.20. The molecule has 1 unspecified atom stereocenters. The Morgan fingerprint density at radius 1 is 1.44 bits per heavy atom. The van der Waals surface area contributed by atoms with Crippen LogP contribution in [0.3, 0.4) is 0 Å². The van der Waals surface area contributed by atoms with E-state index in [0.29, 0.717) is 11.3 Å². The molecule has 1 aromatic carbocycles. The van der Waals surface area contributed by atoms with Gasteiger partial charge in [-0.2, -0.15) is 0 Å². The number of hydrogen-bond acceptors (Lipinski definition) is 4. The molecule has 6 heteroatoms. The number of anilines is 1. The van der Waals surface area contributed by atoms with Gasteiger partial charge in [-0.1, -0.05) is 18.2 Å². The first-order valence-corrected chi connectivity index (χ1v) is 8.30. The van der Waals surface area contributed by atoms with Crippen molar-refractivity contribution in [1.82, 2.24) is 5.32 Å². The molecule has 3 rings (SSSR count). The molecule has 0 radical (unpaired) electrons. The fourth-order valence-corrected chi connectivity index (χ4v) is 3.12. The van der Waals surface area contributed by atoms with Gasteiger partial charge < -0.3 is 16.4 Å². The Bertz CT molecular complexity index is 789. The van der Waals surface area contributed by atoms with E-state index in [2.05, 4.69) is 10.6 Å². The third-order valence-corrected chi connectivity index (χ3v) is 4.49. The molecule has 0 saturated carbocycles. The van der Waals surface area contributed by atoms with Crippen LogP contribution < -0.4 is 16.4 Å². The lowest BCUT2D eigenvalue weighted by molar-refractivity contribution is -0.114. The number of allylic oxidation sites excluding steroid dienone is 4. The number of carbonyl (C=O) groups is 1. The number of primary amides is 1. The number of nitrogens with two attached hydrogens (primary N) is 1. The summed E-state index contributed by atoms with van der Waals surface area (Å²) in [5, 5.41) is 14.3. The standard InChI is InChI=1S/C19H21FN4O/c20-17-9-14(6-7-15(17)12-4-2-8-23-10-12)24-11-13-3-1-5-16(18(13)21)19(22)25/h1,3,5-7,9,11-12,21,23-24H,2,4,8,10H2,(H2,22,25)/b13-11-,21-18?. The molecule has 1 aliphatic heterocycles. The minimum Gasteiger partial charge on any atom is -0.366 e. The molecule has 1 atom stereocenters. The Morgan fingerprint density at radius 3 is 2.96 bits per heavy atom. The first-order valence-electron chi connectivity index (χ1n) is 8.30. The fraction of sp³-hybridized carbons (Fsp3) is 0.263. The molecule has 0 bridgehead atoms. The summed E-state index contributed by atoms with van der Waals surface area (Å²) in [6.07, 6.45) is 8.48. The fourth-order valence-electron chi connectivity index (χ4n) is 3.12. The molecule has 1 fully saturated rings. The van der Waals surface area contributed by atoms with E-state index < -0.39 is 5.91 Å². The van der Waals surface area contributed by atoms with E-state index in [1.807, 2.05) is 12.1 Å². The molecular formula is C19H21FN4O. The van der Waals surface area contributed by atoms with Gasteiger partial charge in [-0.3, -0.25) is 10.2 Å². The second-order valence-electron chi connectivity index (χ2n) is 6.20. The number of rotatable bonds is 4. The van der Waals surface area contributed by atoms with Gasteiger partial charge >= 0.3 is 0 Å². The van der Waals surface area contributed by atoms with Gasteiger partial charge in [0.05, 0.1) is 11.3 Å². The SMILES string of the molecule is N=C1C(C(N)=O)=CC=C/C1=C/Nc1ccc(C2CCCNC2)c(F)c1. The normalized spacial score (nSPS) is 22.0. The van der Waals surface area contributed by atoms with E-state index >= 15 is 0 Å². The average Bonchev–Trinajstić information content (AvgIpc) is 2.61. The van der Waals surface area contributed by atoms with Gasteiger partial charge in [0, 0.05) is 24.0 Å². The molecule has 1 aliphatic carbocycles. The Hall–Kier alpha value is -2.73. The molecular weight excluding hydrogens is 319 g/mol. The lowest BCUT2D eigenvalue weighted by atomic mass is 9.91. The summed E-state index contributed by atoms with van der Waals surface area (Å²) in [7, 11) is 0. The first-order chi connectivity index (χ1) is 12.1. The largest absolute Gasteiger partial charge is 0.366 e. The van der Waals surface area contributed by atoms with Crippen molar-refractivity contribution in [2.45, 2.75) is 18.8 Å². The molecule has 1 saturated heterocycles. The molecule has 130 valence electrons. The Kier molecular flexibility index (Phi) is 5.09. The van der Waals surface area contributed by atoms with Crippen molar-refractivity contribution in [3.05, 3.63) is 65.2 Å². The summed E-state index contributed by atoms with van der Waals surface area (Å²) >= 11 is 0. The maximum atomic E-state index is 14.4. The Labute approximate surface area is 146 Å². The van der Waals surface area contributed by atoms with Crippen LogP contribution in [0, 0.1) is 11.2 Å². The van der Waals surface area contributed by atoms with Gasteiger partial charge in [0.25, 0.3) is 5.91 Å². The van der Waals surface area contributed by atoms with Crippen molar-refractivity contribution in [2.75, 3.05) is 18.4 Å². The zero-order chi connectivity index (χ0) is 17.8. The highest BCUT2D eigenvalue weighted by molar-refractivity contribution is 6.28. The van der Waals surface area contributed by atoms with Gasteiger partial charge in [-0.25, -0.2) is 4.39 Å². The monoisotopic (exact) mass is 340 g/mol. The summed E-state index contributed by atoms with van der Waals surface area (Å²) in [5.41, 5.74) is 7.29. The van der Waals surface area contributed by atoms with Crippen LogP contribution in [0.4, 0.5) is 10.1 Å². The highest BCUT2D eigenvalue weighted by Crippen LogP contribution is 2.27. The number of amides is 1. The van der Waals surface area contributed by atoms with Crippen LogP contribution in [0.2, 0.25) is 0 Å². The van der Waals surface area contributed by atoms with Gasteiger partial charge in [0.2, 0.25) is 0 Å². The van der Waals surface area contributed by atoms with Crippen LogP contribution >= 0.6 is 0 Å². The Morgan fingerprint density at radius 2 is 2.28 bits per heavy atom. The number of halogens is 1. The molecule has 1 heterocycles. The molecule has 5 nitrogen and oxygen atoms in total. The summed E-state index contributed by atoms with van der Waals surface area (Å²) in [4.78, 5) is 11.3. The van der Waals surface area contributed by atoms with Gasteiger partial charge in [-0.05, 0) is 49.1 Å². The Balaban J connectivity index is 1.72. The average molecular weight is 340 g/mol. The maximum Gasteiger partial charge on any atom is 0.250 e. The van der Waals surface area contributed by atoms with Gasteiger partial charge in [-0.15, -0.1) is 0 Å². The van der Waals surface area contributed by atoms with Crippen LogP contribution in [-0.4, -0.2) is 24.7 Å². The quantitative estimate of drug-likeness (QED) is 0.679. The molecule has 1 aromatic rings. The number of carbonyl (C=O) groups excluding carboxylic acids is 1. The van der Waals surface area contributed by atoms with Crippen molar-refractivity contribution < 1.29 is 9.18 Å². The van der Waals surface area contributed by atoms with Crippen molar-refractivity contribution >= 4 is 17.3 Å². The summed E-state index contributed by atoms with van der Waals surface area (Å²) in [6.45, 7) is 1.80. The molecule has 1 amide bonds. The molecule has 0 spiro atoms. The van der Waals surface area contributed by atoms with Crippen molar-refractivity contribution in [3.8, 4) is 0 Å². The number of hydrogen-bond donors (Lipinski definition) is 4. The highest BCUT2D eigenvalue weighted by Gasteiger charge is 2.19. The van der Waals surface area contributed by atoms with Crippen molar-refractivity contribution in [2.24, 2.45) is 5.73 Å². The number of benzene rings is 1. The molecule has 5 N–H and O–H groups in total. The topological polar surface area (TPSA) is 91.0 Å². The van der Waals surface area contributed by atoms with E-state index in [1.165, 1.54) is 12.1 Å². The van der Waals surface area contributed by atoms with Crippen molar-refractivity contribution in [3.63, 3.8) is 0 Å². The molecule has 2 aliphatic rings. The smallest absolute Gasteiger partial charge is 0.250 e. The van der Waals surface area contributed by atoms with Crippen molar-refractivity contribution in [1.29, 1.82) is 5.41 Å². The van der Waals surface area contributed by atoms with E-state index in [0.717, 1.165) is 31.5 Å². The lowest BCUT2D eigenvalue weighted by Crippen LogP contribution is -2.28. The second kappa shape index (κ2) is 7.44. The molecule has 0 aromatic heterocycles. The summed E-state index contributed by atoms with van der Waals surface area (Å²) in [5.74, 6) is -0.667. The zero-order valence-electron chi connectivity index (χ0n) is 13.8. The predicted molar refractivity (Wildman–Crippen MR) is 97.1 cm³/mol. The lowest BCUT2D eigenvalue weighted by Gasteiger charge is -2.23. The summed E-state index contributed by atoms with van der Waals surface area (Å²) in [6, 6.07) is 5.09. The van der Waals surface area contributed by atoms with Crippen LogP contribution in [0.1, 0.15) is 24.3 Å². The number of piperidine rings is 1. The van der Waals surface area contributed by atoms with Crippen LogP contribution in [0.15, 0.2) is 53.8 Å². The van der Waals surface area contributed by atoms with E-state index in [-0.39, 0.29) is 23.0 Å². The number of nitrogens with one attached hydrogen (secondary N) is 3. The minimum atomic E-state index is -0.642. The van der Waals surface area contributed by atoms with Gasteiger partial charge in [0.15, 0.2) is 0 Å². The van der Waals surface area contributed by atoms with E-state index in [9.17, 15) is 9.18 Å². The highest BCUT2D eigenvalue weighted by atomic mass is 19.1. The summed E-state index contributed by atoms with van der Waals surface area (Å²) < 4.78 is 14.4. The maximum absolute atomic E-state index is 14.4. The third-order valence-electron chi connectivity index (χ3n) is 4.49. The molecule has 25 heavy (non-hydrogen) atoms. The third kappa shape index (κ3) is 3.85. The zero-order valence-corrected chi connectivity index (χ0v) is 13.8.